The molecule has 8 rings (SSSR count). The van der Waals surface area contributed by atoms with Crippen LogP contribution in [0.2, 0.25) is 24.2 Å². The number of anilines is 1. The molecular weight excluding hydrogens is 830 g/mol. The normalized spacial score (nSPS) is 18.0. The van der Waals surface area contributed by atoms with Gasteiger partial charge in [-0.05, 0) is 74.8 Å². The van der Waals surface area contributed by atoms with Crippen LogP contribution in [0.1, 0.15) is 60.4 Å². The molecule has 1 saturated heterocycles. The van der Waals surface area contributed by atoms with Crippen molar-refractivity contribution in [2.45, 2.75) is 80.7 Å². The first kappa shape index (κ1) is 45.2. The Balaban J connectivity index is 1.23. The molecule has 0 aliphatic carbocycles. The summed E-state index contributed by atoms with van der Waals surface area (Å²) in [5.74, 6) is 1.70. The first-order valence-corrected chi connectivity index (χ1v) is 25.4. The quantitative estimate of drug-likeness (QED) is 0.0811. The first-order chi connectivity index (χ1) is 31.3. The van der Waals surface area contributed by atoms with Crippen LogP contribution in [0.25, 0.3) is 0 Å². The van der Waals surface area contributed by atoms with Crippen molar-refractivity contribution in [3.63, 3.8) is 0 Å². The smallest absolute Gasteiger partial charge is 0.351 e. The van der Waals surface area contributed by atoms with E-state index in [0.717, 1.165) is 33.4 Å². The zero-order valence-corrected chi connectivity index (χ0v) is 39.2. The number of nitrogens with zero attached hydrogens (tertiary/aromatic N) is 2. The van der Waals surface area contributed by atoms with E-state index < -0.39 is 49.5 Å². The zero-order valence-electron chi connectivity index (χ0n) is 38.2. The van der Waals surface area contributed by atoms with Crippen LogP contribution in [0.4, 0.5) is 10.2 Å². The maximum Gasteiger partial charge on any atom is 0.351 e. The van der Waals surface area contributed by atoms with Crippen LogP contribution in [0.15, 0.2) is 187 Å². The van der Waals surface area contributed by atoms with Gasteiger partial charge in [-0.1, -0.05) is 179 Å². The molecule has 1 N–H and O–H groups in total. The van der Waals surface area contributed by atoms with E-state index in [1.807, 2.05) is 170 Å². The summed E-state index contributed by atoms with van der Waals surface area (Å²) in [5, 5.41) is 3.63. The Morgan fingerprint density at radius 2 is 1.05 bits per heavy atom. The van der Waals surface area contributed by atoms with Gasteiger partial charge in [0.15, 0.2) is 12.4 Å². The lowest BCUT2D eigenvalue weighted by molar-refractivity contribution is -0.0891. The lowest BCUT2D eigenvalue weighted by Crippen LogP contribution is -2.47. The molecule has 7 aromatic rings. The van der Waals surface area contributed by atoms with Crippen LogP contribution in [0.5, 0.6) is 11.5 Å². The second-order valence-electron chi connectivity index (χ2n) is 18.4. The minimum absolute atomic E-state index is 0.0453. The van der Waals surface area contributed by atoms with Gasteiger partial charge in [-0.2, -0.15) is 4.98 Å². The monoisotopic (exact) mass is 887 g/mol. The van der Waals surface area contributed by atoms with Gasteiger partial charge >= 0.3 is 5.69 Å². The van der Waals surface area contributed by atoms with E-state index in [1.165, 1.54) is 4.57 Å². The number of nitrogens with one attached hydrogen (secondary N) is 1. The van der Waals surface area contributed by atoms with Gasteiger partial charge in [0.25, 0.3) is 0 Å². The van der Waals surface area contributed by atoms with Crippen LogP contribution in [0, 0.1) is 0 Å². The SMILES string of the molecule is COc1ccc(C(Nc2ccn(C3O[C@H](C[Si](C)(C)C(C)(C)C)[C@@H](OC(c4ccccc4)(c4ccccc4)c4ccc(OC)cc4)[C@H]3F)c(=O)n2)(c2ccccc2)c2ccccc2)cc1. The summed E-state index contributed by atoms with van der Waals surface area (Å²) >= 11 is 0. The van der Waals surface area contributed by atoms with Gasteiger partial charge in [0.05, 0.1) is 28.4 Å². The summed E-state index contributed by atoms with van der Waals surface area (Å²) in [4.78, 5) is 19.1. The summed E-state index contributed by atoms with van der Waals surface area (Å²) in [6, 6.07) is 57.8. The topological polar surface area (TPSA) is 83.8 Å². The molecule has 0 saturated carbocycles. The predicted molar refractivity (Wildman–Crippen MR) is 259 cm³/mol. The summed E-state index contributed by atoms with van der Waals surface area (Å²) in [6.07, 6.45) is -3.30. The predicted octanol–water partition coefficient (Wildman–Crippen LogP) is 11.8. The van der Waals surface area contributed by atoms with Gasteiger partial charge in [0.2, 0.25) is 0 Å². The number of halogens is 1. The van der Waals surface area contributed by atoms with Crippen molar-refractivity contribution in [1.82, 2.24) is 9.55 Å². The van der Waals surface area contributed by atoms with Crippen molar-refractivity contribution in [3.05, 3.63) is 226 Å². The van der Waals surface area contributed by atoms with Gasteiger partial charge in [-0.3, -0.25) is 4.57 Å². The van der Waals surface area contributed by atoms with Gasteiger partial charge < -0.3 is 24.3 Å². The Hall–Kier alpha value is -6.33. The molecule has 0 spiro atoms. The number of ether oxygens (including phenoxy) is 4. The van der Waals surface area contributed by atoms with Crippen molar-refractivity contribution in [3.8, 4) is 11.5 Å². The summed E-state index contributed by atoms with van der Waals surface area (Å²) in [7, 11) is 1.11. The summed E-state index contributed by atoms with van der Waals surface area (Å²) in [5.41, 5.74) is 2.27. The maximum absolute atomic E-state index is 18.1. The molecule has 0 amide bonds. The molecule has 65 heavy (non-hydrogen) atoms. The van der Waals surface area contributed by atoms with Crippen LogP contribution >= 0.6 is 0 Å². The molecule has 10 heteroatoms. The molecule has 334 valence electrons. The first-order valence-electron chi connectivity index (χ1n) is 22.2. The number of aromatic nitrogens is 2. The number of benzene rings is 6. The number of rotatable bonds is 15. The van der Waals surface area contributed by atoms with E-state index in [4.69, 9.17) is 18.9 Å². The molecule has 0 radical (unpaired) electrons. The number of hydrogen-bond donors (Lipinski definition) is 1. The van der Waals surface area contributed by atoms with Gasteiger partial charge in [0, 0.05) is 6.20 Å². The Morgan fingerprint density at radius 3 is 1.48 bits per heavy atom. The fourth-order valence-electron chi connectivity index (χ4n) is 8.91. The van der Waals surface area contributed by atoms with Gasteiger partial charge in [-0.25, -0.2) is 9.18 Å². The highest BCUT2D eigenvalue weighted by molar-refractivity contribution is 6.80. The van der Waals surface area contributed by atoms with E-state index in [9.17, 15) is 4.79 Å². The maximum atomic E-state index is 18.1. The standard InChI is InChI=1S/C55H58FN3O5Si/c1-53(2,3)65(6,7)38-47-50(64-55(42-24-16-10-17-25-42,43-26-18-11-19-27-43)44-30-34-46(62-5)35-31-44)49(56)51(63-47)59-37-36-48(57-52(59)60)58-54(39-20-12-8-13-21-39,40-22-14-9-15-23-40)41-28-32-45(61-4)33-29-41/h8-37,47,49-51H,38H2,1-7H3,(H,57,58,60)/t47-,49-,50-,51?/m1/s1. The molecule has 0 bridgehead atoms. The Kier molecular flexibility index (Phi) is 13.0. The average Bonchev–Trinajstić information content (AvgIpc) is 3.62. The minimum Gasteiger partial charge on any atom is -0.497 e. The Morgan fingerprint density at radius 1 is 0.631 bits per heavy atom. The van der Waals surface area contributed by atoms with Gasteiger partial charge in [0.1, 0.15) is 34.6 Å². The Bertz CT molecular complexity index is 2620. The van der Waals surface area contributed by atoms with Crippen molar-refractivity contribution < 1.29 is 23.3 Å². The molecule has 1 fully saturated rings. The molecule has 6 aromatic carbocycles. The third-order valence-electron chi connectivity index (χ3n) is 13.5. The van der Waals surface area contributed by atoms with Crippen molar-refractivity contribution in [2.75, 3.05) is 19.5 Å². The lowest BCUT2D eigenvalue weighted by atomic mass is 9.77. The fraction of sp³-hybridized carbons (Fsp3) is 0.273. The van der Waals surface area contributed by atoms with Crippen molar-refractivity contribution in [1.29, 1.82) is 0 Å². The molecule has 1 aliphatic heterocycles. The van der Waals surface area contributed by atoms with Crippen LogP contribution in [0.3, 0.4) is 0 Å². The average molecular weight is 888 g/mol. The molecule has 1 aliphatic rings. The highest BCUT2D eigenvalue weighted by Gasteiger charge is 2.54. The number of alkyl halides is 1. The van der Waals surface area contributed by atoms with Crippen LogP contribution in [-0.2, 0) is 20.6 Å². The van der Waals surface area contributed by atoms with Crippen LogP contribution in [-0.4, -0.2) is 50.2 Å². The molecule has 1 aromatic heterocycles. The number of hydrogen-bond acceptors (Lipinski definition) is 7. The zero-order chi connectivity index (χ0) is 45.8. The largest absolute Gasteiger partial charge is 0.497 e. The molecule has 8 nitrogen and oxygen atoms in total. The molecule has 1 unspecified atom stereocenters. The van der Waals surface area contributed by atoms with E-state index in [2.05, 4.69) is 44.2 Å². The van der Waals surface area contributed by atoms with Crippen LogP contribution < -0.4 is 20.5 Å². The van der Waals surface area contributed by atoms with E-state index >= 15 is 4.39 Å². The van der Waals surface area contributed by atoms with Crippen molar-refractivity contribution in [2.24, 2.45) is 0 Å². The molecule has 2 heterocycles. The fourth-order valence-corrected chi connectivity index (χ4v) is 10.9. The molecule has 4 atom stereocenters. The van der Waals surface area contributed by atoms with E-state index in [1.54, 1.807) is 26.5 Å². The van der Waals surface area contributed by atoms with Gasteiger partial charge in [-0.15, -0.1) is 0 Å². The second kappa shape index (κ2) is 18.6. The minimum atomic E-state index is -2.16. The Labute approximate surface area is 383 Å². The summed E-state index contributed by atoms with van der Waals surface area (Å²) < 4.78 is 44.8. The van der Waals surface area contributed by atoms with E-state index in [0.29, 0.717) is 23.4 Å². The third kappa shape index (κ3) is 8.78. The highest BCUT2D eigenvalue weighted by atomic mass is 28.3. The highest BCUT2D eigenvalue weighted by Crippen LogP contribution is 2.49. The van der Waals surface area contributed by atoms with Crippen molar-refractivity contribution >= 4 is 13.9 Å². The lowest BCUT2D eigenvalue weighted by Gasteiger charge is -2.42. The number of methoxy groups -OCH3 is 2. The molecular formula is C55H58FN3O5Si. The van der Waals surface area contributed by atoms with E-state index in [-0.39, 0.29) is 5.04 Å². The third-order valence-corrected chi connectivity index (χ3v) is 19.0. The second-order valence-corrected chi connectivity index (χ2v) is 24.1. The summed E-state index contributed by atoms with van der Waals surface area (Å²) in [6.45, 7) is 11.3.